The average Bonchev–Trinajstić information content (AvgIpc) is 1.68. The Kier molecular flexibility index (Phi) is 3.45. The van der Waals surface area contributed by atoms with Crippen molar-refractivity contribution >= 4 is 0 Å². The van der Waals surface area contributed by atoms with Crippen LogP contribution in [0.2, 0.25) is 0 Å². The summed E-state index contributed by atoms with van der Waals surface area (Å²) in [6, 6.07) is 0. The lowest BCUT2D eigenvalue weighted by Gasteiger charge is -1.91. The van der Waals surface area contributed by atoms with Crippen molar-refractivity contribution in [3.63, 3.8) is 0 Å². The lowest BCUT2D eigenvalue weighted by Crippen LogP contribution is -1.97. The Morgan fingerprint density at radius 2 is 2.29 bits per heavy atom. The third-order valence-electron chi connectivity index (χ3n) is 0.698. The average molecular weight is 98.1 g/mol. The van der Waals surface area contributed by atoms with E-state index in [9.17, 15) is 0 Å². The minimum atomic E-state index is -0.412. The highest BCUT2D eigenvalue weighted by Gasteiger charge is 1.87. The molecule has 0 aliphatic heterocycles. The Balaban J connectivity index is 3.29. The maximum absolute atomic E-state index is 8.68. The molecule has 0 aliphatic carbocycles. The summed E-state index contributed by atoms with van der Waals surface area (Å²) in [7, 11) is 0. The van der Waals surface area contributed by atoms with Gasteiger partial charge in [-0.3, -0.25) is 0 Å². The standard InChI is InChI=1S/C6H10O/c1-3-5-6(7)4-2/h6-7H,4H2,1-2H3/t6-/m0/s1. The molecule has 1 atom stereocenters. The summed E-state index contributed by atoms with van der Waals surface area (Å²) in [4.78, 5) is 0. The molecule has 0 spiro atoms. The van der Waals surface area contributed by atoms with E-state index < -0.39 is 6.10 Å². The Morgan fingerprint density at radius 1 is 1.71 bits per heavy atom. The molecule has 1 N–H and O–H groups in total. The van der Waals surface area contributed by atoms with Crippen molar-refractivity contribution in [3.05, 3.63) is 0 Å². The van der Waals surface area contributed by atoms with Gasteiger partial charge in [-0.25, -0.2) is 0 Å². The highest BCUT2D eigenvalue weighted by atomic mass is 16.3. The van der Waals surface area contributed by atoms with Crippen molar-refractivity contribution in [1.29, 1.82) is 0 Å². The van der Waals surface area contributed by atoms with Crippen LogP contribution in [0.4, 0.5) is 0 Å². The quantitative estimate of drug-likeness (QED) is 0.480. The van der Waals surface area contributed by atoms with Crippen LogP contribution in [-0.2, 0) is 0 Å². The molecule has 0 aromatic heterocycles. The van der Waals surface area contributed by atoms with Crippen LogP contribution in [0, 0.1) is 11.8 Å². The molecule has 1 heteroatoms. The highest BCUT2D eigenvalue weighted by molar-refractivity contribution is 5.00. The first kappa shape index (κ1) is 6.52. The molecule has 0 bridgehead atoms. The lowest BCUT2D eigenvalue weighted by atomic mass is 10.3. The number of rotatable bonds is 1. The lowest BCUT2D eigenvalue weighted by molar-refractivity contribution is 0.228. The molecular formula is C6H10O. The molecule has 0 amide bonds. The van der Waals surface area contributed by atoms with Crippen molar-refractivity contribution in [1.82, 2.24) is 0 Å². The fourth-order valence-corrected chi connectivity index (χ4v) is 0.269. The minimum absolute atomic E-state index is 0.412. The molecule has 0 unspecified atom stereocenters. The molecule has 1 nitrogen and oxygen atoms in total. The van der Waals surface area contributed by atoms with Gasteiger partial charge in [0.2, 0.25) is 0 Å². The zero-order valence-electron chi connectivity index (χ0n) is 4.73. The third-order valence-corrected chi connectivity index (χ3v) is 0.698. The number of aliphatic hydroxyl groups excluding tert-OH is 1. The van der Waals surface area contributed by atoms with Crippen LogP contribution in [-0.4, -0.2) is 11.2 Å². The topological polar surface area (TPSA) is 20.2 Å². The third kappa shape index (κ3) is 3.35. The molecule has 0 saturated heterocycles. The van der Waals surface area contributed by atoms with E-state index in [0.717, 1.165) is 6.42 Å². The van der Waals surface area contributed by atoms with Crippen LogP contribution in [0.1, 0.15) is 20.3 Å². The molecule has 0 saturated carbocycles. The van der Waals surface area contributed by atoms with Crippen molar-refractivity contribution in [2.24, 2.45) is 0 Å². The van der Waals surface area contributed by atoms with Crippen LogP contribution >= 0.6 is 0 Å². The van der Waals surface area contributed by atoms with Crippen molar-refractivity contribution in [3.8, 4) is 11.8 Å². The second-order valence-corrected chi connectivity index (χ2v) is 1.32. The second kappa shape index (κ2) is 3.70. The van der Waals surface area contributed by atoms with E-state index in [1.807, 2.05) is 6.92 Å². The normalized spacial score (nSPS) is 11.9. The van der Waals surface area contributed by atoms with Gasteiger partial charge in [0.1, 0.15) is 6.10 Å². The van der Waals surface area contributed by atoms with E-state index in [0.29, 0.717) is 0 Å². The smallest absolute Gasteiger partial charge is 0.114 e. The molecule has 40 valence electrons. The Bertz CT molecular complexity index is 86.1. The van der Waals surface area contributed by atoms with Gasteiger partial charge in [0, 0.05) is 0 Å². The predicted molar refractivity (Wildman–Crippen MR) is 29.7 cm³/mol. The summed E-state index contributed by atoms with van der Waals surface area (Å²) in [6.07, 6.45) is 0.311. The summed E-state index contributed by atoms with van der Waals surface area (Å²) in [5.74, 6) is 5.22. The second-order valence-electron chi connectivity index (χ2n) is 1.32. The zero-order valence-corrected chi connectivity index (χ0v) is 4.73. The van der Waals surface area contributed by atoms with E-state index in [2.05, 4.69) is 11.8 Å². The van der Waals surface area contributed by atoms with Gasteiger partial charge in [-0.05, 0) is 13.3 Å². The summed E-state index contributed by atoms with van der Waals surface area (Å²) in [5, 5.41) is 8.68. The Morgan fingerprint density at radius 3 is 2.43 bits per heavy atom. The fourth-order valence-electron chi connectivity index (χ4n) is 0.269. The zero-order chi connectivity index (χ0) is 5.70. The van der Waals surface area contributed by atoms with Gasteiger partial charge in [-0.2, -0.15) is 0 Å². The molecular weight excluding hydrogens is 88.1 g/mol. The van der Waals surface area contributed by atoms with Gasteiger partial charge in [0.05, 0.1) is 0 Å². The Labute approximate surface area is 44.4 Å². The number of hydrogen-bond acceptors (Lipinski definition) is 1. The number of hydrogen-bond donors (Lipinski definition) is 1. The molecule has 0 fully saturated rings. The van der Waals surface area contributed by atoms with E-state index in [-0.39, 0.29) is 0 Å². The highest BCUT2D eigenvalue weighted by Crippen LogP contribution is 1.83. The molecule has 0 aromatic rings. The Hall–Kier alpha value is -0.480. The summed E-state index contributed by atoms with van der Waals surface area (Å²) >= 11 is 0. The van der Waals surface area contributed by atoms with E-state index in [1.165, 1.54) is 0 Å². The fraction of sp³-hybridized carbons (Fsp3) is 0.667. The van der Waals surface area contributed by atoms with Crippen LogP contribution < -0.4 is 0 Å². The van der Waals surface area contributed by atoms with Crippen molar-refractivity contribution in [2.45, 2.75) is 26.4 Å². The van der Waals surface area contributed by atoms with Gasteiger partial charge in [0.15, 0.2) is 0 Å². The van der Waals surface area contributed by atoms with Gasteiger partial charge in [0.25, 0.3) is 0 Å². The first-order valence-corrected chi connectivity index (χ1v) is 2.41. The molecule has 0 heterocycles. The first-order chi connectivity index (χ1) is 3.31. The van der Waals surface area contributed by atoms with Gasteiger partial charge < -0.3 is 5.11 Å². The first-order valence-electron chi connectivity index (χ1n) is 2.41. The monoisotopic (exact) mass is 98.1 g/mol. The summed E-state index contributed by atoms with van der Waals surface area (Å²) < 4.78 is 0. The molecule has 0 aliphatic rings. The van der Waals surface area contributed by atoms with Crippen LogP contribution in [0.5, 0.6) is 0 Å². The maximum atomic E-state index is 8.68. The molecule has 0 rings (SSSR count). The molecule has 7 heavy (non-hydrogen) atoms. The molecule has 0 radical (unpaired) electrons. The van der Waals surface area contributed by atoms with Crippen LogP contribution in [0.25, 0.3) is 0 Å². The van der Waals surface area contributed by atoms with Gasteiger partial charge in [-0.1, -0.05) is 12.8 Å². The van der Waals surface area contributed by atoms with E-state index in [4.69, 9.17) is 5.11 Å². The van der Waals surface area contributed by atoms with Crippen molar-refractivity contribution in [2.75, 3.05) is 0 Å². The minimum Gasteiger partial charge on any atom is -0.380 e. The maximum Gasteiger partial charge on any atom is 0.114 e. The van der Waals surface area contributed by atoms with Crippen LogP contribution in [0.3, 0.4) is 0 Å². The summed E-state index contributed by atoms with van der Waals surface area (Å²) in [5.41, 5.74) is 0. The van der Waals surface area contributed by atoms with Gasteiger partial charge >= 0.3 is 0 Å². The predicted octanol–water partition coefficient (Wildman–Crippen LogP) is 0.781. The molecule has 0 aromatic carbocycles. The van der Waals surface area contributed by atoms with E-state index in [1.54, 1.807) is 6.92 Å². The van der Waals surface area contributed by atoms with Crippen molar-refractivity contribution < 1.29 is 5.11 Å². The van der Waals surface area contributed by atoms with Gasteiger partial charge in [-0.15, -0.1) is 5.92 Å². The largest absolute Gasteiger partial charge is 0.380 e. The van der Waals surface area contributed by atoms with Crippen LogP contribution in [0.15, 0.2) is 0 Å². The summed E-state index contributed by atoms with van der Waals surface area (Å²) in [6.45, 7) is 3.62. The SMILES string of the molecule is CC#C[C@@H](O)CC. The van der Waals surface area contributed by atoms with E-state index >= 15 is 0 Å². The number of aliphatic hydroxyl groups is 1.